The highest BCUT2D eigenvalue weighted by Gasteiger charge is 2.04. The van der Waals surface area contributed by atoms with Crippen molar-refractivity contribution >= 4 is 22.8 Å². The van der Waals surface area contributed by atoms with E-state index in [2.05, 4.69) is 4.98 Å². The molecule has 0 saturated heterocycles. The fourth-order valence-electron chi connectivity index (χ4n) is 1.38. The normalized spacial score (nSPS) is 11.6. The lowest BCUT2D eigenvalue weighted by atomic mass is 10.1. The first-order chi connectivity index (χ1) is 7.66. The van der Waals surface area contributed by atoms with Crippen LogP contribution in [0.4, 0.5) is 0 Å². The van der Waals surface area contributed by atoms with Gasteiger partial charge in [-0.1, -0.05) is 24.3 Å². The molecule has 0 saturated carbocycles. The molecule has 1 heterocycles. The Morgan fingerprint density at radius 2 is 1.88 bits per heavy atom. The molecule has 4 nitrogen and oxygen atoms in total. The monoisotopic (exact) mass is 215 g/mol. The summed E-state index contributed by atoms with van der Waals surface area (Å²) in [6, 6.07) is 9.30. The molecule has 0 spiro atoms. The van der Waals surface area contributed by atoms with Gasteiger partial charge in [0.1, 0.15) is 0 Å². The molecule has 2 aromatic rings. The zero-order valence-corrected chi connectivity index (χ0v) is 8.29. The predicted octanol–water partition coefficient (Wildman–Crippen LogP) is 2.22. The minimum Gasteiger partial charge on any atom is -0.502 e. The zero-order chi connectivity index (χ0) is 11.5. The average Bonchev–Trinajstić information content (AvgIpc) is 2.28. The molecule has 0 fully saturated rings. The lowest BCUT2D eigenvalue weighted by Gasteiger charge is -1.98. The molecule has 1 aromatic heterocycles. The number of aliphatic hydroxyl groups is 1. The van der Waals surface area contributed by atoms with Gasteiger partial charge in [-0.2, -0.15) is 0 Å². The van der Waals surface area contributed by atoms with Crippen LogP contribution < -0.4 is 0 Å². The van der Waals surface area contributed by atoms with Crippen molar-refractivity contribution in [1.29, 1.82) is 0 Å². The molecule has 0 bridgehead atoms. The first kappa shape index (κ1) is 10.2. The number of hydrogen-bond acceptors (Lipinski definition) is 3. The molecule has 0 unspecified atom stereocenters. The second kappa shape index (κ2) is 4.02. The summed E-state index contributed by atoms with van der Waals surface area (Å²) in [5.74, 6) is -2.09. The third-order valence-electron chi connectivity index (χ3n) is 2.16. The Bertz CT molecular complexity index is 575. The highest BCUT2D eigenvalue weighted by Crippen LogP contribution is 2.14. The van der Waals surface area contributed by atoms with E-state index in [1.54, 1.807) is 12.3 Å². The van der Waals surface area contributed by atoms with Crippen molar-refractivity contribution in [3.8, 4) is 0 Å². The number of fused-ring (bicyclic) bond motifs is 1. The number of benzene rings is 1. The van der Waals surface area contributed by atoms with E-state index < -0.39 is 11.7 Å². The molecule has 80 valence electrons. The summed E-state index contributed by atoms with van der Waals surface area (Å²) in [6.45, 7) is 0. The molecule has 0 aliphatic rings. The van der Waals surface area contributed by atoms with E-state index in [1.165, 1.54) is 0 Å². The van der Waals surface area contributed by atoms with Crippen LogP contribution in [0.25, 0.3) is 16.8 Å². The number of aliphatic carboxylic acids is 1. The average molecular weight is 215 g/mol. The van der Waals surface area contributed by atoms with Crippen LogP contribution >= 0.6 is 0 Å². The van der Waals surface area contributed by atoms with Gasteiger partial charge in [0.25, 0.3) is 0 Å². The number of carboxylic acid groups (broad SMARTS) is 1. The summed E-state index contributed by atoms with van der Waals surface area (Å²) in [6.07, 6.45) is 2.76. The molecule has 2 rings (SSSR count). The molecule has 0 aliphatic heterocycles. The minimum absolute atomic E-state index is 0.415. The number of pyridine rings is 1. The number of aliphatic hydroxyl groups excluding tert-OH is 1. The molecule has 1 aromatic carbocycles. The Morgan fingerprint density at radius 1 is 1.19 bits per heavy atom. The van der Waals surface area contributed by atoms with Crippen molar-refractivity contribution in [2.45, 2.75) is 0 Å². The Hall–Kier alpha value is -2.36. The van der Waals surface area contributed by atoms with E-state index in [0.717, 1.165) is 16.8 Å². The lowest BCUT2D eigenvalue weighted by molar-refractivity contribution is -0.135. The third-order valence-corrected chi connectivity index (χ3v) is 2.16. The zero-order valence-electron chi connectivity index (χ0n) is 8.29. The van der Waals surface area contributed by atoms with Crippen LogP contribution in [0.15, 0.2) is 42.3 Å². The fraction of sp³-hybridized carbons (Fsp3) is 0. The van der Waals surface area contributed by atoms with Gasteiger partial charge < -0.3 is 10.2 Å². The van der Waals surface area contributed by atoms with Crippen molar-refractivity contribution in [2.24, 2.45) is 0 Å². The Labute approximate surface area is 91.5 Å². The molecule has 4 heteroatoms. The molecule has 0 atom stereocenters. The lowest BCUT2D eigenvalue weighted by Crippen LogP contribution is -1.98. The van der Waals surface area contributed by atoms with Crippen molar-refractivity contribution in [2.75, 3.05) is 0 Å². The predicted molar refractivity (Wildman–Crippen MR) is 60.0 cm³/mol. The van der Waals surface area contributed by atoms with E-state index in [9.17, 15) is 4.79 Å². The topological polar surface area (TPSA) is 70.4 Å². The van der Waals surface area contributed by atoms with Gasteiger partial charge in [0.2, 0.25) is 5.76 Å². The number of rotatable bonds is 2. The van der Waals surface area contributed by atoms with Gasteiger partial charge in [-0.15, -0.1) is 0 Å². The van der Waals surface area contributed by atoms with Crippen LogP contribution in [-0.4, -0.2) is 21.2 Å². The fourth-order valence-corrected chi connectivity index (χ4v) is 1.38. The maximum atomic E-state index is 10.4. The number of nitrogens with zero attached hydrogens (tertiary/aromatic N) is 1. The largest absolute Gasteiger partial charge is 0.502 e. The first-order valence-electron chi connectivity index (χ1n) is 4.65. The van der Waals surface area contributed by atoms with Gasteiger partial charge in [0, 0.05) is 17.7 Å². The van der Waals surface area contributed by atoms with Gasteiger partial charge in [-0.3, -0.25) is 4.98 Å². The SMILES string of the molecule is O=C(O)C(O)=Cc1cc2ccccc2cn1. The van der Waals surface area contributed by atoms with Crippen LogP contribution in [-0.2, 0) is 4.79 Å². The van der Waals surface area contributed by atoms with Crippen molar-refractivity contribution < 1.29 is 15.0 Å². The molecular weight excluding hydrogens is 206 g/mol. The van der Waals surface area contributed by atoms with Crippen molar-refractivity contribution in [3.05, 3.63) is 48.0 Å². The molecule has 0 amide bonds. The Morgan fingerprint density at radius 3 is 2.56 bits per heavy atom. The van der Waals surface area contributed by atoms with Crippen LogP contribution in [0.5, 0.6) is 0 Å². The van der Waals surface area contributed by atoms with E-state index in [-0.39, 0.29) is 0 Å². The van der Waals surface area contributed by atoms with Crippen LogP contribution in [0.3, 0.4) is 0 Å². The summed E-state index contributed by atoms with van der Waals surface area (Å²) in [5, 5.41) is 19.5. The number of hydrogen-bond donors (Lipinski definition) is 2. The Balaban J connectivity index is 2.47. The van der Waals surface area contributed by atoms with E-state index in [4.69, 9.17) is 10.2 Å². The van der Waals surface area contributed by atoms with Crippen LogP contribution in [0, 0.1) is 0 Å². The van der Waals surface area contributed by atoms with E-state index in [1.807, 2.05) is 24.3 Å². The standard InChI is InChI=1S/C12H9NO3/c14-11(12(15)16)6-10-5-8-3-1-2-4-9(8)7-13-10/h1-7,14H,(H,15,16). The molecule has 0 radical (unpaired) electrons. The number of carbonyl (C=O) groups is 1. The highest BCUT2D eigenvalue weighted by atomic mass is 16.4. The maximum Gasteiger partial charge on any atom is 0.371 e. The van der Waals surface area contributed by atoms with E-state index in [0.29, 0.717) is 5.69 Å². The highest BCUT2D eigenvalue weighted by molar-refractivity contribution is 5.90. The quantitative estimate of drug-likeness (QED) is 0.595. The van der Waals surface area contributed by atoms with Gasteiger partial charge in [-0.25, -0.2) is 4.79 Å². The smallest absolute Gasteiger partial charge is 0.371 e. The minimum atomic E-state index is -1.37. The summed E-state index contributed by atoms with van der Waals surface area (Å²) in [5.41, 5.74) is 0.415. The summed E-state index contributed by atoms with van der Waals surface area (Å²) < 4.78 is 0. The molecule has 16 heavy (non-hydrogen) atoms. The van der Waals surface area contributed by atoms with Crippen LogP contribution in [0.2, 0.25) is 0 Å². The summed E-state index contributed by atoms with van der Waals surface area (Å²) in [7, 11) is 0. The maximum absolute atomic E-state index is 10.4. The van der Waals surface area contributed by atoms with Crippen molar-refractivity contribution in [3.63, 3.8) is 0 Å². The van der Waals surface area contributed by atoms with Gasteiger partial charge >= 0.3 is 5.97 Å². The van der Waals surface area contributed by atoms with Gasteiger partial charge in [-0.05, 0) is 11.5 Å². The van der Waals surface area contributed by atoms with Crippen LogP contribution in [0.1, 0.15) is 5.69 Å². The number of carboxylic acids is 1. The van der Waals surface area contributed by atoms with Gasteiger partial charge in [0.15, 0.2) is 0 Å². The second-order valence-electron chi connectivity index (χ2n) is 3.29. The molecule has 0 aliphatic carbocycles. The number of aromatic nitrogens is 1. The van der Waals surface area contributed by atoms with Crippen molar-refractivity contribution in [1.82, 2.24) is 4.98 Å². The third kappa shape index (κ3) is 2.00. The second-order valence-corrected chi connectivity index (χ2v) is 3.29. The van der Waals surface area contributed by atoms with Gasteiger partial charge in [0.05, 0.1) is 5.69 Å². The Kier molecular flexibility index (Phi) is 2.55. The molecular formula is C12H9NO3. The molecule has 2 N–H and O–H groups in total. The first-order valence-corrected chi connectivity index (χ1v) is 4.65. The summed E-state index contributed by atoms with van der Waals surface area (Å²) >= 11 is 0. The summed E-state index contributed by atoms with van der Waals surface area (Å²) in [4.78, 5) is 14.5. The van der Waals surface area contributed by atoms with E-state index >= 15 is 0 Å².